The van der Waals surface area contributed by atoms with Crippen LogP contribution in [0.2, 0.25) is 0 Å². The molecule has 1 aliphatic rings. The molecule has 4 nitrogen and oxygen atoms in total. The Labute approximate surface area is 204 Å². The summed E-state index contributed by atoms with van der Waals surface area (Å²) in [7, 11) is 1.12. The number of urea groups is 1. The smallest absolute Gasteiger partial charge is 0.321 e. The standard InChI is InChI=1S/C23H21F10N3O/c1-12(13-7-14(21(25,26)27)9-15(8-13)22(28,29)30)35(2)20(37)36-6-5-34-11-19(36)17-4-3-16(24)10-18(17)23(31,32)33/h3-4,7-10,12,19,34H,5-6,11H2,1-2H3. The zero-order valence-corrected chi connectivity index (χ0v) is 19.3. The highest BCUT2D eigenvalue weighted by Crippen LogP contribution is 2.40. The summed E-state index contributed by atoms with van der Waals surface area (Å²) in [5, 5.41) is 2.84. The number of nitrogens with zero attached hydrogens (tertiary/aromatic N) is 2. The summed E-state index contributed by atoms with van der Waals surface area (Å²) in [6.45, 7) is 1.09. The van der Waals surface area contributed by atoms with Crippen molar-refractivity contribution >= 4 is 6.03 Å². The first kappa shape index (κ1) is 28.5. The first-order valence-corrected chi connectivity index (χ1v) is 10.8. The first-order valence-electron chi connectivity index (χ1n) is 10.8. The number of carbonyl (C=O) groups excluding carboxylic acids is 1. The van der Waals surface area contributed by atoms with E-state index in [-0.39, 0.29) is 25.7 Å². The number of rotatable bonds is 3. The van der Waals surface area contributed by atoms with Gasteiger partial charge in [0, 0.05) is 26.7 Å². The Morgan fingerprint density at radius 2 is 1.51 bits per heavy atom. The van der Waals surface area contributed by atoms with Crippen LogP contribution in [-0.2, 0) is 18.5 Å². The van der Waals surface area contributed by atoms with Crippen LogP contribution in [0.4, 0.5) is 48.7 Å². The van der Waals surface area contributed by atoms with E-state index in [1.165, 1.54) is 6.92 Å². The maximum Gasteiger partial charge on any atom is 0.416 e. The number of carbonyl (C=O) groups is 1. The highest BCUT2D eigenvalue weighted by atomic mass is 19.4. The predicted molar refractivity (Wildman–Crippen MR) is 112 cm³/mol. The Morgan fingerprint density at radius 1 is 0.946 bits per heavy atom. The number of nitrogens with one attached hydrogen (secondary N) is 1. The summed E-state index contributed by atoms with van der Waals surface area (Å²) in [5.74, 6) is -1.14. The molecule has 2 atom stereocenters. The van der Waals surface area contributed by atoms with E-state index in [1.54, 1.807) is 0 Å². The molecule has 1 N–H and O–H groups in total. The average Bonchev–Trinajstić information content (AvgIpc) is 2.80. The molecule has 1 heterocycles. The SMILES string of the molecule is CC(c1cc(C(F)(F)F)cc(C(F)(F)F)c1)N(C)C(=O)N1CCNCC1c1ccc(F)cc1C(F)(F)F. The van der Waals surface area contributed by atoms with E-state index >= 15 is 0 Å². The van der Waals surface area contributed by atoms with E-state index in [0.29, 0.717) is 18.2 Å². The number of amides is 2. The second-order valence-corrected chi connectivity index (χ2v) is 8.55. The molecule has 2 aromatic carbocycles. The molecule has 0 radical (unpaired) electrons. The van der Waals surface area contributed by atoms with Crippen LogP contribution in [0.3, 0.4) is 0 Å². The fourth-order valence-corrected chi connectivity index (χ4v) is 4.09. The van der Waals surface area contributed by atoms with Crippen molar-refractivity contribution in [3.8, 4) is 0 Å². The normalized spacial score (nSPS) is 18.1. The van der Waals surface area contributed by atoms with Gasteiger partial charge in [-0.25, -0.2) is 9.18 Å². The number of benzene rings is 2. The number of piperazine rings is 1. The maximum atomic E-state index is 13.6. The van der Waals surface area contributed by atoms with Crippen molar-refractivity contribution in [1.82, 2.24) is 15.1 Å². The van der Waals surface area contributed by atoms with Crippen molar-refractivity contribution in [2.75, 3.05) is 26.7 Å². The monoisotopic (exact) mass is 545 g/mol. The minimum atomic E-state index is -5.10. The van der Waals surface area contributed by atoms with Crippen LogP contribution in [0.5, 0.6) is 0 Å². The van der Waals surface area contributed by atoms with Crippen LogP contribution in [0.1, 0.15) is 46.8 Å². The average molecular weight is 545 g/mol. The van der Waals surface area contributed by atoms with Gasteiger partial charge in [0.1, 0.15) is 5.82 Å². The first-order chi connectivity index (χ1) is 16.9. The Hall–Kier alpha value is -3.03. The summed E-state index contributed by atoms with van der Waals surface area (Å²) in [6, 6.07) is -0.569. The molecule has 37 heavy (non-hydrogen) atoms. The molecule has 1 saturated heterocycles. The van der Waals surface area contributed by atoms with Crippen LogP contribution < -0.4 is 5.32 Å². The minimum Gasteiger partial charge on any atom is -0.321 e. The van der Waals surface area contributed by atoms with Crippen molar-refractivity contribution in [3.05, 3.63) is 70.0 Å². The molecule has 204 valence electrons. The van der Waals surface area contributed by atoms with E-state index < -0.39 is 70.3 Å². The summed E-state index contributed by atoms with van der Waals surface area (Å²) in [5.41, 5.74) is -5.31. The lowest BCUT2D eigenvalue weighted by Gasteiger charge is -2.41. The van der Waals surface area contributed by atoms with Gasteiger partial charge in [-0.15, -0.1) is 0 Å². The van der Waals surface area contributed by atoms with Crippen molar-refractivity contribution < 1.29 is 48.7 Å². The van der Waals surface area contributed by atoms with E-state index in [0.717, 1.165) is 29.0 Å². The molecule has 2 unspecified atom stereocenters. The molecule has 0 saturated carbocycles. The second kappa shape index (κ2) is 10.0. The van der Waals surface area contributed by atoms with E-state index in [4.69, 9.17) is 0 Å². The number of hydrogen-bond acceptors (Lipinski definition) is 2. The largest absolute Gasteiger partial charge is 0.416 e. The molecule has 2 amide bonds. The Balaban J connectivity index is 1.99. The Kier molecular flexibility index (Phi) is 7.73. The molecule has 0 spiro atoms. The van der Waals surface area contributed by atoms with Crippen LogP contribution in [0.25, 0.3) is 0 Å². The molecule has 14 heteroatoms. The van der Waals surface area contributed by atoms with Gasteiger partial charge in [-0.1, -0.05) is 6.07 Å². The zero-order chi connectivity index (χ0) is 27.9. The van der Waals surface area contributed by atoms with Gasteiger partial charge in [-0.2, -0.15) is 39.5 Å². The Bertz CT molecular complexity index is 1110. The number of hydrogen-bond donors (Lipinski definition) is 1. The van der Waals surface area contributed by atoms with Crippen molar-refractivity contribution in [2.24, 2.45) is 0 Å². The van der Waals surface area contributed by atoms with Crippen molar-refractivity contribution in [2.45, 2.75) is 37.5 Å². The predicted octanol–water partition coefficient (Wildman–Crippen LogP) is 6.64. The highest BCUT2D eigenvalue weighted by molar-refractivity contribution is 5.75. The fraction of sp³-hybridized carbons (Fsp3) is 0.435. The van der Waals surface area contributed by atoms with Gasteiger partial charge >= 0.3 is 24.6 Å². The lowest BCUT2D eigenvalue weighted by molar-refractivity contribution is -0.143. The third-order valence-electron chi connectivity index (χ3n) is 6.14. The summed E-state index contributed by atoms with van der Waals surface area (Å²) < 4.78 is 134. The fourth-order valence-electron chi connectivity index (χ4n) is 4.09. The molecule has 0 bridgehead atoms. The van der Waals surface area contributed by atoms with Crippen LogP contribution in [0, 0.1) is 5.82 Å². The zero-order valence-electron chi connectivity index (χ0n) is 19.3. The second-order valence-electron chi connectivity index (χ2n) is 8.55. The van der Waals surface area contributed by atoms with Gasteiger partial charge in [0.15, 0.2) is 0 Å². The van der Waals surface area contributed by atoms with Gasteiger partial charge in [0.2, 0.25) is 0 Å². The van der Waals surface area contributed by atoms with Crippen LogP contribution >= 0.6 is 0 Å². The van der Waals surface area contributed by atoms with Gasteiger partial charge in [-0.3, -0.25) is 0 Å². The molecular formula is C23H21F10N3O. The molecular weight excluding hydrogens is 524 g/mol. The molecule has 2 aromatic rings. The molecule has 0 aromatic heterocycles. The lowest BCUT2D eigenvalue weighted by atomic mass is 9.96. The summed E-state index contributed by atoms with van der Waals surface area (Å²) in [4.78, 5) is 15.2. The minimum absolute atomic E-state index is 0.0441. The third kappa shape index (κ3) is 6.28. The molecule has 3 rings (SSSR count). The maximum absolute atomic E-state index is 13.6. The van der Waals surface area contributed by atoms with Crippen molar-refractivity contribution in [3.63, 3.8) is 0 Å². The summed E-state index contributed by atoms with van der Waals surface area (Å²) in [6.07, 6.45) is -15.1. The van der Waals surface area contributed by atoms with Crippen LogP contribution in [0.15, 0.2) is 36.4 Å². The van der Waals surface area contributed by atoms with Gasteiger partial charge in [0.05, 0.1) is 28.8 Å². The topological polar surface area (TPSA) is 35.6 Å². The quantitative estimate of drug-likeness (QED) is 0.439. The molecule has 1 aliphatic heterocycles. The van der Waals surface area contributed by atoms with E-state index in [1.807, 2.05) is 0 Å². The third-order valence-corrected chi connectivity index (χ3v) is 6.14. The lowest BCUT2D eigenvalue weighted by Crippen LogP contribution is -2.53. The van der Waals surface area contributed by atoms with Crippen LogP contribution in [-0.4, -0.2) is 42.5 Å². The molecule has 0 aliphatic carbocycles. The highest BCUT2D eigenvalue weighted by Gasteiger charge is 2.41. The molecule has 1 fully saturated rings. The van der Waals surface area contributed by atoms with Crippen molar-refractivity contribution in [1.29, 1.82) is 0 Å². The Morgan fingerprint density at radius 3 is 2.03 bits per heavy atom. The van der Waals surface area contributed by atoms with Gasteiger partial charge in [0.25, 0.3) is 0 Å². The van der Waals surface area contributed by atoms with E-state index in [9.17, 15) is 48.7 Å². The number of halogens is 10. The van der Waals surface area contributed by atoms with E-state index in [2.05, 4.69) is 5.32 Å². The van der Waals surface area contributed by atoms with Gasteiger partial charge < -0.3 is 15.1 Å². The number of alkyl halides is 9. The summed E-state index contributed by atoms with van der Waals surface area (Å²) >= 11 is 0. The van der Waals surface area contributed by atoms with Gasteiger partial charge in [-0.05, 0) is 48.4 Å².